The molecule has 8 heavy (non-hydrogen) atoms. The quantitative estimate of drug-likeness (QED) is 0.479. The summed E-state index contributed by atoms with van der Waals surface area (Å²) in [6, 6.07) is -1.47. The molecule has 0 aliphatic carbocycles. The maximum absolute atomic E-state index is 5.50. The van der Waals surface area contributed by atoms with Crippen molar-refractivity contribution in [1.82, 2.24) is 0 Å². The highest BCUT2D eigenvalue weighted by atomic mass is 35.8. The van der Waals surface area contributed by atoms with E-state index in [9.17, 15) is 0 Å². The van der Waals surface area contributed by atoms with Gasteiger partial charge < -0.3 is 0 Å². The van der Waals surface area contributed by atoms with Gasteiger partial charge in [0.2, 0.25) is 0 Å². The monoisotopic (exact) mass is 208 g/mol. The van der Waals surface area contributed by atoms with Crippen LogP contribution in [0.1, 0.15) is 13.3 Å². The minimum atomic E-state index is -2.24. The molecule has 5 heteroatoms. The van der Waals surface area contributed by atoms with E-state index >= 15 is 0 Å². The van der Waals surface area contributed by atoms with Gasteiger partial charge in [-0.3, -0.25) is 0 Å². The molecule has 0 atom stereocenters. The second kappa shape index (κ2) is 5.12. The molecule has 0 saturated carbocycles. The highest BCUT2D eigenvalue weighted by Gasteiger charge is 2.22. The van der Waals surface area contributed by atoms with Crippen LogP contribution in [0.4, 0.5) is 0 Å². The minimum absolute atomic E-state index is 0. The van der Waals surface area contributed by atoms with Gasteiger partial charge in [-0.2, -0.15) is 0 Å². The first kappa shape index (κ1) is 12.0. The van der Waals surface area contributed by atoms with Gasteiger partial charge >= 0.3 is 6.00 Å². The number of hydrogen-bond donors (Lipinski definition) is 0. The Labute approximate surface area is 69.6 Å². The Morgan fingerprint density at radius 2 is 1.62 bits per heavy atom. The highest BCUT2D eigenvalue weighted by Crippen LogP contribution is 2.25. The van der Waals surface area contributed by atoms with Crippen molar-refractivity contribution in [3.8, 4) is 0 Å². The SMILES string of the molecule is CCC[Si](Cl)(Cl)Cl.[SiH4]. The van der Waals surface area contributed by atoms with Crippen LogP contribution in [0.25, 0.3) is 0 Å². The van der Waals surface area contributed by atoms with Gasteiger partial charge in [-0.1, -0.05) is 13.3 Å². The Hall–Kier alpha value is 1.30. The average molecular weight is 210 g/mol. The van der Waals surface area contributed by atoms with E-state index in [1.165, 1.54) is 0 Å². The van der Waals surface area contributed by atoms with Crippen LogP contribution in [-0.2, 0) is 0 Å². The molecule has 0 heterocycles. The van der Waals surface area contributed by atoms with Crippen molar-refractivity contribution in [3.05, 3.63) is 0 Å². The van der Waals surface area contributed by atoms with Gasteiger partial charge in [0, 0.05) is 0 Å². The molecular formula is C3H11Cl3Si2. The Kier molecular flexibility index (Phi) is 7.69. The summed E-state index contributed by atoms with van der Waals surface area (Å²) >= 11 is 16.5. The maximum atomic E-state index is 5.50. The van der Waals surface area contributed by atoms with Crippen molar-refractivity contribution < 1.29 is 0 Å². The van der Waals surface area contributed by atoms with E-state index < -0.39 is 6.00 Å². The molecule has 0 radical (unpaired) electrons. The summed E-state index contributed by atoms with van der Waals surface area (Å²) in [4.78, 5) is 0. The summed E-state index contributed by atoms with van der Waals surface area (Å²) < 4.78 is 0. The molecule has 0 nitrogen and oxygen atoms in total. The fourth-order valence-corrected chi connectivity index (χ4v) is 2.55. The van der Waals surface area contributed by atoms with Gasteiger partial charge in [0.05, 0.1) is 0 Å². The Balaban J connectivity index is 0. The van der Waals surface area contributed by atoms with Crippen molar-refractivity contribution in [2.45, 2.75) is 19.4 Å². The molecule has 0 N–H and O–H groups in total. The molecule has 52 valence electrons. The van der Waals surface area contributed by atoms with Gasteiger partial charge in [0.25, 0.3) is 0 Å². The van der Waals surface area contributed by atoms with Crippen LogP contribution in [-0.4, -0.2) is 17.0 Å². The largest absolute Gasteiger partial charge is 0.341 e. The van der Waals surface area contributed by atoms with E-state index in [-0.39, 0.29) is 11.0 Å². The molecule has 0 bridgehead atoms. The van der Waals surface area contributed by atoms with E-state index in [0.717, 1.165) is 12.5 Å². The Morgan fingerprint density at radius 3 is 1.62 bits per heavy atom. The van der Waals surface area contributed by atoms with E-state index in [1.807, 2.05) is 6.92 Å². The van der Waals surface area contributed by atoms with Crippen molar-refractivity contribution in [1.29, 1.82) is 0 Å². The van der Waals surface area contributed by atoms with Crippen molar-refractivity contribution in [3.63, 3.8) is 0 Å². The molecule has 0 saturated heterocycles. The third-order valence-corrected chi connectivity index (χ3v) is 3.30. The first-order valence-electron chi connectivity index (χ1n) is 2.13. The van der Waals surface area contributed by atoms with Gasteiger partial charge in [0.15, 0.2) is 0 Å². The molecule has 0 aliphatic heterocycles. The molecule has 0 unspecified atom stereocenters. The maximum Gasteiger partial charge on any atom is 0.341 e. The van der Waals surface area contributed by atoms with E-state index in [2.05, 4.69) is 0 Å². The summed E-state index contributed by atoms with van der Waals surface area (Å²) in [7, 11) is 0. The van der Waals surface area contributed by atoms with Gasteiger partial charge in [0.1, 0.15) is 0 Å². The lowest BCUT2D eigenvalue weighted by molar-refractivity contribution is 1.07. The lowest BCUT2D eigenvalue weighted by Crippen LogP contribution is -2.06. The molecule has 0 aromatic rings. The van der Waals surface area contributed by atoms with Crippen molar-refractivity contribution in [2.75, 3.05) is 0 Å². The number of rotatable bonds is 2. The van der Waals surface area contributed by atoms with Crippen LogP contribution in [0.15, 0.2) is 0 Å². The van der Waals surface area contributed by atoms with Gasteiger partial charge in [-0.05, 0) is 17.0 Å². The Morgan fingerprint density at radius 1 is 1.25 bits per heavy atom. The fraction of sp³-hybridized carbons (Fsp3) is 1.00. The van der Waals surface area contributed by atoms with Gasteiger partial charge in [-0.25, -0.2) is 0 Å². The molecule has 0 aliphatic rings. The van der Waals surface area contributed by atoms with E-state index in [4.69, 9.17) is 33.2 Å². The third-order valence-electron chi connectivity index (χ3n) is 0.533. The number of hydrogen-bond acceptors (Lipinski definition) is 0. The zero-order valence-corrected chi connectivity index (χ0v) is 7.32. The van der Waals surface area contributed by atoms with E-state index in [0.29, 0.717) is 0 Å². The van der Waals surface area contributed by atoms with Crippen LogP contribution >= 0.6 is 33.2 Å². The summed E-state index contributed by atoms with van der Waals surface area (Å²) in [6.45, 7) is 2.01. The second-order valence-corrected chi connectivity index (χ2v) is 10.6. The second-order valence-electron chi connectivity index (χ2n) is 1.37. The average Bonchev–Trinajstić information content (AvgIpc) is 1.30. The molecule has 0 aromatic heterocycles. The molecule has 0 amide bonds. The fourth-order valence-electron chi connectivity index (χ4n) is 0.283. The Bertz CT molecular complexity index is 51.0. The third kappa shape index (κ3) is 10.3. The smallest absolute Gasteiger partial charge is 0.126 e. The topological polar surface area (TPSA) is 0 Å². The standard InChI is InChI=1S/C3H7Cl3Si.H4Si/c1-2-3-7(4,5)6;/h2-3H2,1H3;1H4. The lowest BCUT2D eigenvalue weighted by Gasteiger charge is -2.01. The first-order valence-corrected chi connectivity index (χ1v) is 7.37. The van der Waals surface area contributed by atoms with Crippen LogP contribution in [0, 0.1) is 0 Å². The predicted molar refractivity (Wildman–Crippen MR) is 49.7 cm³/mol. The molecule has 0 fully saturated rings. The van der Waals surface area contributed by atoms with Crippen LogP contribution in [0.3, 0.4) is 0 Å². The summed E-state index contributed by atoms with van der Waals surface area (Å²) in [5, 5.41) is 0. The summed E-state index contributed by atoms with van der Waals surface area (Å²) in [5.74, 6) is 0. The summed E-state index contributed by atoms with van der Waals surface area (Å²) in [6.07, 6.45) is 0.975. The molecule has 0 rings (SSSR count). The molecule has 0 aromatic carbocycles. The van der Waals surface area contributed by atoms with Crippen molar-refractivity contribution >= 4 is 50.2 Å². The van der Waals surface area contributed by atoms with Crippen molar-refractivity contribution in [2.24, 2.45) is 0 Å². The normalized spacial score (nSPS) is 10.5. The van der Waals surface area contributed by atoms with Crippen LogP contribution in [0.5, 0.6) is 0 Å². The summed E-state index contributed by atoms with van der Waals surface area (Å²) in [5.41, 5.74) is 0. The zero-order chi connectivity index (χ0) is 5.91. The minimum Gasteiger partial charge on any atom is -0.126 e. The predicted octanol–water partition coefficient (Wildman–Crippen LogP) is 1.60. The number of halogens is 3. The molecule has 0 spiro atoms. The van der Waals surface area contributed by atoms with Crippen LogP contribution < -0.4 is 0 Å². The molecular weight excluding hydrogens is 199 g/mol. The first-order chi connectivity index (χ1) is 3.06. The van der Waals surface area contributed by atoms with Crippen LogP contribution in [0.2, 0.25) is 6.04 Å². The van der Waals surface area contributed by atoms with Gasteiger partial charge in [-0.15, -0.1) is 33.2 Å². The highest BCUT2D eigenvalue weighted by molar-refractivity contribution is 7.64. The lowest BCUT2D eigenvalue weighted by atomic mass is 10.6. The van der Waals surface area contributed by atoms with E-state index in [1.54, 1.807) is 0 Å². The zero-order valence-electron chi connectivity index (χ0n) is 4.05.